The van der Waals surface area contributed by atoms with E-state index in [1.807, 2.05) is 0 Å². The molecule has 1 N–H and O–H groups in total. The molecule has 0 saturated carbocycles. The number of benzene rings is 2. The Bertz CT molecular complexity index is 598. The molecule has 1 nitrogen and oxygen atoms in total. The van der Waals surface area contributed by atoms with E-state index in [4.69, 9.17) is 0 Å². The third-order valence-corrected chi connectivity index (χ3v) is 4.22. The van der Waals surface area contributed by atoms with Crippen molar-refractivity contribution in [2.45, 2.75) is 47.0 Å². The van der Waals surface area contributed by atoms with Crippen LogP contribution in [0.25, 0.3) is 0 Å². The lowest BCUT2D eigenvalue weighted by molar-refractivity contribution is 0.556. The Kier molecular flexibility index (Phi) is 4.41. The maximum Gasteiger partial charge on any atom is 0.0400 e. The van der Waals surface area contributed by atoms with E-state index in [0.29, 0.717) is 0 Å². The van der Waals surface area contributed by atoms with E-state index in [9.17, 15) is 0 Å². The fourth-order valence-corrected chi connectivity index (χ4v) is 2.88. The van der Waals surface area contributed by atoms with Crippen LogP contribution >= 0.6 is 0 Å². The summed E-state index contributed by atoms with van der Waals surface area (Å²) in [5.41, 5.74) is 8.06. The SMILES string of the molecule is Cc1ccc(C(C)(C)CNc2c(C)cc(C)cc2C)cc1. The van der Waals surface area contributed by atoms with E-state index >= 15 is 0 Å². The standard InChI is InChI=1S/C20H27N/c1-14-7-9-18(10-8-14)20(5,6)13-21-19-16(3)11-15(2)12-17(19)4/h7-12,21H,13H2,1-6H3. The fraction of sp³-hybridized carbons (Fsp3) is 0.400. The summed E-state index contributed by atoms with van der Waals surface area (Å²) < 4.78 is 0. The lowest BCUT2D eigenvalue weighted by Gasteiger charge is -2.27. The van der Waals surface area contributed by atoms with Crippen LogP contribution in [0.5, 0.6) is 0 Å². The first-order chi connectivity index (χ1) is 9.79. The lowest BCUT2D eigenvalue weighted by atomic mass is 9.84. The van der Waals surface area contributed by atoms with E-state index < -0.39 is 0 Å². The van der Waals surface area contributed by atoms with Crippen molar-refractivity contribution >= 4 is 5.69 Å². The molecule has 2 aromatic carbocycles. The second kappa shape index (κ2) is 5.93. The normalized spacial score (nSPS) is 11.5. The number of anilines is 1. The molecule has 1 heteroatoms. The minimum atomic E-state index is 0.109. The molecule has 0 aromatic heterocycles. The summed E-state index contributed by atoms with van der Waals surface area (Å²) >= 11 is 0. The Morgan fingerprint density at radius 3 is 1.86 bits per heavy atom. The molecule has 0 radical (unpaired) electrons. The predicted octanol–water partition coefficient (Wildman–Crippen LogP) is 5.31. The van der Waals surface area contributed by atoms with Crippen molar-refractivity contribution in [1.29, 1.82) is 0 Å². The summed E-state index contributed by atoms with van der Waals surface area (Å²) in [7, 11) is 0. The van der Waals surface area contributed by atoms with Crippen LogP contribution in [0.2, 0.25) is 0 Å². The van der Waals surface area contributed by atoms with E-state index in [-0.39, 0.29) is 5.41 Å². The summed E-state index contributed by atoms with van der Waals surface area (Å²) in [6.45, 7) is 14.2. The maximum atomic E-state index is 3.66. The highest BCUT2D eigenvalue weighted by Crippen LogP contribution is 2.27. The number of nitrogens with one attached hydrogen (secondary N) is 1. The maximum absolute atomic E-state index is 3.66. The predicted molar refractivity (Wildman–Crippen MR) is 93.3 cm³/mol. The third-order valence-electron chi connectivity index (χ3n) is 4.22. The zero-order chi connectivity index (χ0) is 15.6. The Morgan fingerprint density at radius 2 is 1.33 bits per heavy atom. The molecule has 0 aliphatic heterocycles. The molecule has 0 bridgehead atoms. The van der Waals surface area contributed by atoms with Gasteiger partial charge in [-0.1, -0.05) is 61.4 Å². The van der Waals surface area contributed by atoms with Gasteiger partial charge >= 0.3 is 0 Å². The van der Waals surface area contributed by atoms with Gasteiger partial charge in [0, 0.05) is 17.6 Å². The van der Waals surface area contributed by atoms with Crippen molar-refractivity contribution in [3.8, 4) is 0 Å². The lowest BCUT2D eigenvalue weighted by Crippen LogP contribution is -2.28. The molecule has 0 heterocycles. The molecule has 112 valence electrons. The average Bonchev–Trinajstić information content (AvgIpc) is 2.37. The van der Waals surface area contributed by atoms with Crippen molar-refractivity contribution in [2.75, 3.05) is 11.9 Å². The minimum Gasteiger partial charge on any atom is -0.384 e. The van der Waals surface area contributed by atoms with E-state index in [1.54, 1.807) is 0 Å². The number of hydrogen-bond donors (Lipinski definition) is 1. The molecule has 2 rings (SSSR count). The number of rotatable bonds is 4. The number of aryl methyl sites for hydroxylation is 4. The smallest absolute Gasteiger partial charge is 0.0400 e. The first kappa shape index (κ1) is 15.6. The molecule has 0 fully saturated rings. The van der Waals surface area contributed by atoms with Crippen LogP contribution in [0, 0.1) is 27.7 Å². The highest BCUT2D eigenvalue weighted by molar-refractivity contribution is 5.58. The zero-order valence-corrected chi connectivity index (χ0v) is 14.2. The van der Waals surface area contributed by atoms with Gasteiger partial charge in [0.25, 0.3) is 0 Å². The van der Waals surface area contributed by atoms with Gasteiger partial charge in [0.15, 0.2) is 0 Å². The molecule has 0 aliphatic carbocycles. The quantitative estimate of drug-likeness (QED) is 0.800. The average molecular weight is 281 g/mol. The molecular weight excluding hydrogens is 254 g/mol. The summed E-state index contributed by atoms with van der Waals surface area (Å²) in [5, 5.41) is 3.66. The van der Waals surface area contributed by atoms with Gasteiger partial charge in [-0.3, -0.25) is 0 Å². The fourth-order valence-electron chi connectivity index (χ4n) is 2.88. The monoisotopic (exact) mass is 281 g/mol. The van der Waals surface area contributed by atoms with Crippen LogP contribution in [0.1, 0.15) is 41.7 Å². The van der Waals surface area contributed by atoms with E-state index in [0.717, 1.165) is 6.54 Å². The van der Waals surface area contributed by atoms with Crippen molar-refractivity contribution in [1.82, 2.24) is 0 Å². The van der Waals surface area contributed by atoms with Gasteiger partial charge in [-0.2, -0.15) is 0 Å². The van der Waals surface area contributed by atoms with Gasteiger partial charge in [-0.05, 0) is 44.4 Å². The van der Waals surface area contributed by atoms with Crippen molar-refractivity contribution < 1.29 is 0 Å². The topological polar surface area (TPSA) is 12.0 Å². The molecule has 0 saturated heterocycles. The van der Waals surface area contributed by atoms with Gasteiger partial charge in [0.05, 0.1) is 0 Å². The third kappa shape index (κ3) is 3.66. The molecule has 21 heavy (non-hydrogen) atoms. The van der Waals surface area contributed by atoms with Crippen molar-refractivity contribution in [3.05, 3.63) is 64.2 Å². The Labute approximate surface area is 129 Å². The largest absolute Gasteiger partial charge is 0.384 e. The highest BCUT2D eigenvalue weighted by atomic mass is 14.9. The first-order valence-electron chi connectivity index (χ1n) is 7.68. The van der Waals surface area contributed by atoms with Crippen LogP contribution in [0.3, 0.4) is 0 Å². The van der Waals surface area contributed by atoms with E-state index in [1.165, 1.54) is 33.5 Å². The second-order valence-corrected chi connectivity index (χ2v) is 6.88. The summed E-state index contributed by atoms with van der Waals surface area (Å²) in [6, 6.07) is 13.4. The molecule has 2 aromatic rings. The summed E-state index contributed by atoms with van der Waals surface area (Å²) in [6.07, 6.45) is 0. The molecule has 0 unspecified atom stereocenters. The first-order valence-corrected chi connectivity index (χ1v) is 7.68. The number of hydrogen-bond acceptors (Lipinski definition) is 1. The Balaban J connectivity index is 2.17. The second-order valence-electron chi connectivity index (χ2n) is 6.88. The van der Waals surface area contributed by atoms with Gasteiger partial charge < -0.3 is 5.32 Å². The van der Waals surface area contributed by atoms with Crippen LogP contribution in [-0.4, -0.2) is 6.54 Å². The summed E-state index contributed by atoms with van der Waals surface area (Å²) in [5.74, 6) is 0. The van der Waals surface area contributed by atoms with Crippen LogP contribution in [0.15, 0.2) is 36.4 Å². The van der Waals surface area contributed by atoms with Crippen molar-refractivity contribution in [3.63, 3.8) is 0 Å². The van der Waals surface area contributed by atoms with Gasteiger partial charge in [-0.25, -0.2) is 0 Å². The molecule has 0 amide bonds. The molecule has 0 aliphatic rings. The van der Waals surface area contributed by atoms with E-state index in [2.05, 4.69) is 83.3 Å². The van der Waals surface area contributed by atoms with Gasteiger partial charge in [0.2, 0.25) is 0 Å². The van der Waals surface area contributed by atoms with Crippen LogP contribution in [0.4, 0.5) is 5.69 Å². The van der Waals surface area contributed by atoms with Crippen LogP contribution in [-0.2, 0) is 5.41 Å². The molecule has 0 atom stereocenters. The van der Waals surface area contributed by atoms with Crippen LogP contribution < -0.4 is 5.32 Å². The van der Waals surface area contributed by atoms with Gasteiger partial charge in [0.1, 0.15) is 0 Å². The van der Waals surface area contributed by atoms with Crippen molar-refractivity contribution in [2.24, 2.45) is 0 Å². The van der Waals surface area contributed by atoms with Gasteiger partial charge in [-0.15, -0.1) is 0 Å². The Morgan fingerprint density at radius 1 is 0.810 bits per heavy atom. The Hall–Kier alpha value is -1.76. The highest BCUT2D eigenvalue weighted by Gasteiger charge is 2.20. The molecular formula is C20H27N. The molecule has 0 spiro atoms. The summed E-state index contributed by atoms with van der Waals surface area (Å²) in [4.78, 5) is 0. The zero-order valence-electron chi connectivity index (χ0n) is 14.2. The minimum absolute atomic E-state index is 0.109.